The topological polar surface area (TPSA) is 71.4 Å². The molecule has 150 valence electrons. The number of amides is 1. The Morgan fingerprint density at radius 3 is 2.62 bits per heavy atom. The van der Waals surface area contributed by atoms with E-state index in [1.54, 1.807) is 19.3 Å². The molecule has 0 bridgehead atoms. The molecule has 2 rings (SSSR count). The molecule has 0 aliphatic heterocycles. The van der Waals surface area contributed by atoms with Crippen LogP contribution in [0.3, 0.4) is 0 Å². The molecule has 0 heterocycles. The van der Waals surface area contributed by atoms with Gasteiger partial charge in [-0.05, 0) is 76.3 Å². The van der Waals surface area contributed by atoms with Crippen molar-refractivity contribution in [1.29, 1.82) is 5.26 Å². The number of halogens is 1. The number of nitriles is 1. The Labute approximate surface area is 179 Å². The van der Waals surface area contributed by atoms with Crippen molar-refractivity contribution in [2.45, 2.75) is 19.9 Å². The monoisotopic (exact) mass is 454 g/mol. The minimum absolute atomic E-state index is 0.0270. The number of allylic oxidation sites excluding steroid dienone is 1. The van der Waals surface area contributed by atoms with Gasteiger partial charge >= 0.3 is 0 Å². The zero-order valence-electron chi connectivity index (χ0n) is 16.5. The molecule has 0 aliphatic rings. The zero-order chi connectivity index (χ0) is 21.2. The number of hydrogen-bond donors (Lipinski definition) is 1. The molecule has 2 aromatic carbocycles. The third kappa shape index (κ3) is 6.23. The molecule has 6 heteroatoms. The van der Waals surface area contributed by atoms with E-state index in [2.05, 4.69) is 27.8 Å². The SMILES string of the molecule is C=CCc1cc(/C=C(/C#N)C(=O)NCc2ccc(OC)cc2)cc(Br)c1OCC. The molecule has 0 radical (unpaired) electrons. The minimum atomic E-state index is -0.432. The van der Waals surface area contributed by atoms with Crippen molar-refractivity contribution >= 4 is 27.9 Å². The van der Waals surface area contributed by atoms with Crippen LogP contribution in [0.25, 0.3) is 6.08 Å². The molecule has 0 aliphatic carbocycles. The Kier molecular flexibility index (Phi) is 8.50. The fraction of sp³-hybridized carbons (Fsp3) is 0.217. The summed E-state index contributed by atoms with van der Waals surface area (Å²) in [4.78, 5) is 12.5. The quantitative estimate of drug-likeness (QED) is 0.335. The number of methoxy groups -OCH3 is 1. The van der Waals surface area contributed by atoms with E-state index in [1.165, 1.54) is 0 Å². The van der Waals surface area contributed by atoms with Gasteiger partial charge in [-0.25, -0.2) is 0 Å². The molecule has 1 N–H and O–H groups in total. The maximum absolute atomic E-state index is 12.5. The van der Waals surface area contributed by atoms with Crippen molar-refractivity contribution in [2.75, 3.05) is 13.7 Å². The van der Waals surface area contributed by atoms with Crippen LogP contribution in [0.4, 0.5) is 0 Å². The highest BCUT2D eigenvalue weighted by Gasteiger charge is 2.12. The molecule has 2 aromatic rings. The highest BCUT2D eigenvalue weighted by atomic mass is 79.9. The Hall–Kier alpha value is -3.04. The summed E-state index contributed by atoms with van der Waals surface area (Å²) in [6.45, 7) is 6.54. The van der Waals surface area contributed by atoms with E-state index in [0.717, 1.165) is 32.7 Å². The fourth-order valence-corrected chi connectivity index (χ4v) is 3.34. The van der Waals surface area contributed by atoms with Crippen LogP contribution in [0.5, 0.6) is 11.5 Å². The van der Waals surface area contributed by atoms with Gasteiger partial charge in [-0.1, -0.05) is 18.2 Å². The molecule has 5 nitrogen and oxygen atoms in total. The van der Waals surface area contributed by atoms with Gasteiger partial charge in [-0.15, -0.1) is 6.58 Å². The van der Waals surface area contributed by atoms with Crippen LogP contribution in [-0.2, 0) is 17.8 Å². The van der Waals surface area contributed by atoms with Crippen LogP contribution in [0.2, 0.25) is 0 Å². The summed E-state index contributed by atoms with van der Waals surface area (Å²) in [5, 5.41) is 12.2. The maximum atomic E-state index is 12.5. The van der Waals surface area contributed by atoms with Crippen molar-refractivity contribution in [3.8, 4) is 17.6 Å². The van der Waals surface area contributed by atoms with E-state index in [4.69, 9.17) is 9.47 Å². The lowest BCUT2D eigenvalue weighted by molar-refractivity contribution is -0.117. The number of hydrogen-bond acceptors (Lipinski definition) is 4. The number of ether oxygens (including phenoxy) is 2. The molecule has 0 saturated heterocycles. The first-order valence-electron chi connectivity index (χ1n) is 9.11. The van der Waals surface area contributed by atoms with E-state index in [-0.39, 0.29) is 5.57 Å². The Morgan fingerprint density at radius 1 is 1.31 bits per heavy atom. The Bertz CT molecular complexity index is 944. The number of nitrogens with zero attached hydrogens (tertiary/aromatic N) is 1. The van der Waals surface area contributed by atoms with Gasteiger partial charge in [0.05, 0.1) is 18.2 Å². The molecular weight excluding hydrogens is 432 g/mol. The number of carbonyl (C=O) groups excluding carboxylic acids is 1. The highest BCUT2D eigenvalue weighted by Crippen LogP contribution is 2.32. The summed E-state index contributed by atoms with van der Waals surface area (Å²) in [6, 6.07) is 13.1. The zero-order valence-corrected chi connectivity index (χ0v) is 18.1. The van der Waals surface area contributed by atoms with Crippen molar-refractivity contribution < 1.29 is 14.3 Å². The predicted octanol–water partition coefficient (Wildman–Crippen LogP) is 4.81. The Balaban J connectivity index is 2.19. The lowest BCUT2D eigenvalue weighted by atomic mass is 10.0. The van der Waals surface area contributed by atoms with Crippen molar-refractivity contribution in [2.24, 2.45) is 0 Å². The average molecular weight is 455 g/mol. The fourth-order valence-electron chi connectivity index (χ4n) is 2.71. The average Bonchev–Trinajstić information content (AvgIpc) is 2.73. The van der Waals surface area contributed by atoms with Gasteiger partial charge in [-0.3, -0.25) is 4.79 Å². The first kappa shape index (κ1) is 22.3. The lowest BCUT2D eigenvalue weighted by Gasteiger charge is -2.12. The van der Waals surface area contributed by atoms with E-state index in [1.807, 2.05) is 49.4 Å². The van der Waals surface area contributed by atoms with Gasteiger partial charge < -0.3 is 14.8 Å². The van der Waals surface area contributed by atoms with Crippen molar-refractivity contribution in [1.82, 2.24) is 5.32 Å². The van der Waals surface area contributed by atoms with E-state index in [0.29, 0.717) is 19.6 Å². The molecule has 0 aromatic heterocycles. The van der Waals surface area contributed by atoms with Crippen LogP contribution in [0, 0.1) is 11.3 Å². The minimum Gasteiger partial charge on any atom is -0.497 e. The van der Waals surface area contributed by atoms with Gasteiger partial charge in [0.1, 0.15) is 23.1 Å². The summed E-state index contributed by atoms with van der Waals surface area (Å²) < 4.78 is 11.6. The molecule has 0 saturated carbocycles. The second-order valence-corrected chi connectivity index (χ2v) is 6.97. The molecule has 29 heavy (non-hydrogen) atoms. The second-order valence-electron chi connectivity index (χ2n) is 6.12. The summed E-state index contributed by atoms with van der Waals surface area (Å²) >= 11 is 3.51. The summed E-state index contributed by atoms with van der Waals surface area (Å²) in [7, 11) is 1.60. The molecule has 1 amide bonds. The standard InChI is InChI=1S/C23H23BrN2O3/c1-4-6-18-11-17(13-21(24)22(18)29-5-2)12-19(14-25)23(27)26-15-16-7-9-20(28-3)10-8-16/h4,7-13H,1,5-6,15H2,2-3H3,(H,26,27)/b19-12-. The molecule has 0 fully saturated rings. The smallest absolute Gasteiger partial charge is 0.262 e. The molecule has 0 unspecified atom stereocenters. The third-order valence-electron chi connectivity index (χ3n) is 4.08. The second kappa shape index (κ2) is 11.1. The van der Waals surface area contributed by atoms with Crippen LogP contribution in [0.1, 0.15) is 23.6 Å². The summed E-state index contributed by atoms with van der Waals surface area (Å²) in [6.07, 6.45) is 3.96. The van der Waals surface area contributed by atoms with E-state index >= 15 is 0 Å². The maximum Gasteiger partial charge on any atom is 0.262 e. The highest BCUT2D eigenvalue weighted by molar-refractivity contribution is 9.10. The van der Waals surface area contributed by atoms with E-state index in [9.17, 15) is 10.1 Å². The molecule has 0 spiro atoms. The van der Waals surface area contributed by atoms with Gasteiger partial charge in [0.15, 0.2) is 0 Å². The third-order valence-corrected chi connectivity index (χ3v) is 4.67. The molecule has 0 atom stereocenters. The van der Waals surface area contributed by atoms with Crippen LogP contribution < -0.4 is 14.8 Å². The van der Waals surface area contributed by atoms with E-state index < -0.39 is 5.91 Å². The van der Waals surface area contributed by atoms with Gasteiger partial charge in [0.2, 0.25) is 0 Å². The summed E-state index contributed by atoms with van der Waals surface area (Å²) in [5.74, 6) is 1.06. The van der Waals surface area contributed by atoms with Crippen LogP contribution >= 0.6 is 15.9 Å². The number of nitrogens with one attached hydrogen (secondary N) is 1. The first-order chi connectivity index (χ1) is 14.0. The Morgan fingerprint density at radius 2 is 2.03 bits per heavy atom. The predicted molar refractivity (Wildman–Crippen MR) is 118 cm³/mol. The molecular formula is C23H23BrN2O3. The van der Waals surface area contributed by atoms with Crippen LogP contribution in [-0.4, -0.2) is 19.6 Å². The normalized spacial score (nSPS) is 10.8. The van der Waals surface area contributed by atoms with Gasteiger partial charge in [0, 0.05) is 6.54 Å². The lowest BCUT2D eigenvalue weighted by Crippen LogP contribution is -2.23. The number of benzene rings is 2. The van der Waals surface area contributed by atoms with Gasteiger partial charge in [-0.2, -0.15) is 5.26 Å². The van der Waals surface area contributed by atoms with Gasteiger partial charge in [0.25, 0.3) is 5.91 Å². The van der Waals surface area contributed by atoms with Crippen molar-refractivity contribution in [3.63, 3.8) is 0 Å². The number of carbonyl (C=O) groups is 1. The largest absolute Gasteiger partial charge is 0.497 e. The first-order valence-corrected chi connectivity index (χ1v) is 9.90. The van der Waals surface area contributed by atoms with Crippen LogP contribution in [0.15, 0.2) is 59.1 Å². The van der Waals surface area contributed by atoms with Crippen molar-refractivity contribution in [3.05, 3.63) is 75.8 Å². The summed E-state index contributed by atoms with van der Waals surface area (Å²) in [5.41, 5.74) is 2.60. The number of rotatable bonds is 9.